The van der Waals surface area contributed by atoms with Gasteiger partial charge in [0, 0.05) is 9.37 Å². The Labute approximate surface area is 88.8 Å². The number of halogens is 2. The van der Waals surface area contributed by atoms with E-state index in [1.165, 1.54) is 24.8 Å². The highest BCUT2D eigenvalue weighted by atomic mass is 79.9. The van der Waals surface area contributed by atoms with Crippen molar-refractivity contribution < 1.29 is 9.18 Å². The third-order valence-electron chi connectivity index (χ3n) is 1.60. The molecule has 1 aromatic rings. The minimum Gasteiger partial charge on any atom is -0.294 e. The number of thioether (sulfide) groups is 1. The van der Waals surface area contributed by atoms with E-state index in [-0.39, 0.29) is 11.3 Å². The minimum absolute atomic E-state index is 0.138. The summed E-state index contributed by atoms with van der Waals surface area (Å²) in [7, 11) is 0. The summed E-state index contributed by atoms with van der Waals surface area (Å²) in [5.41, 5.74) is 0.138. The van der Waals surface area contributed by atoms with Crippen molar-refractivity contribution in [3.05, 3.63) is 28.0 Å². The van der Waals surface area contributed by atoms with Crippen molar-refractivity contribution in [1.82, 2.24) is 0 Å². The Kier molecular flexibility index (Phi) is 3.50. The number of carbonyl (C=O) groups excluding carboxylic acids is 1. The fraction of sp³-hybridized carbons (Fsp3) is 0.222. The van der Waals surface area contributed by atoms with Crippen molar-refractivity contribution in [3.63, 3.8) is 0 Å². The Balaban J connectivity index is 3.35. The second-order valence-corrected chi connectivity index (χ2v) is 4.29. The summed E-state index contributed by atoms with van der Waals surface area (Å²) in [6.45, 7) is 1.36. The maximum absolute atomic E-state index is 13.4. The zero-order valence-electron chi connectivity index (χ0n) is 7.23. The van der Waals surface area contributed by atoms with Crippen molar-refractivity contribution in [2.24, 2.45) is 0 Å². The van der Waals surface area contributed by atoms with E-state index in [0.29, 0.717) is 4.90 Å². The topological polar surface area (TPSA) is 17.1 Å². The Hall–Kier alpha value is -0.350. The van der Waals surface area contributed by atoms with Crippen LogP contribution < -0.4 is 0 Å². The largest absolute Gasteiger partial charge is 0.294 e. The number of hydrogen-bond acceptors (Lipinski definition) is 2. The Morgan fingerprint density at radius 1 is 1.54 bits per heavy atom. The Bertz CT molecular complexity index is 352. The Morgan fingerprint density at radius 3 is 2.62 bits per heavy atom. The van der Waals surface area contributed by atoms with Crippen molar-refractivity contribution in [1.29, 1.82) is 0 Å². The SMILES string of the molecule is CSc1cc(Br)cc(C(C)=O)c1F. The fourth-order valence-corrected chi connectivity index (χ4v) is 2.11. The molecule has 0 bridgehead atoms. The van der Waals surface area contributed by atoms with Gasteiger partial charge in [-0.15, -0.1) is 11.8 Å². The fourth-order valence-electron chi connectivity index (χ4n) is 0.969. The Morgan fingerprint density at radius 2 is 2.15 bits per heavy atom. The second-order valence-electron chi connectivity index (χ2n) is 2.53. The summed E-state index contributed by atoms with van der Waals surface area (Å²) in [6.07, 6.45) is 1.77. The van der Waals surface area contributed by atoms with Crippen LogP contribution >= 0.6 is 27.7 Å². The van der Waals surface area contributed by atoms with Gasteiger partial charge in [0.25, 0.3) is 0 Å². The first-order chi connectivity index (χ1) is 6.06. The first-order valence-corrected chi connectivity index (χ1v) is 5.62. The minimum atomic E-state index is -0.428. The monoisotopic (exact) mass is 262 g/mol. The van der Waals surface area contributed by atoms with Gasteiger partial charge >= 0.3 is 0 Å². The first-order valence-electron chi connectivity index (χ1n) is 3.60. The maximum atomic E-state index is 13.4. The van der Waals surface area contributed by atoms with Gasteiger partial charge < -0.3 is 0 Å². The zero-order chi connectivity index (χ0) is 10.0. The quantitative estimate of drug-likeness (QED) is 0.600. The lowest BCUT2D eigenvalue weighted by Gasteiger charge is -2.04. The number of Topliss-reactive ketones (excluding diaryl/α,β-unsaturated/α-hetero) is 1. The number of benzene rings is 1. The van der Waals surface area contributed by atoms with Gasteiger partial charge in [-0.3, -0.25) is 4.79 Å². The molecule has 0 unspecified atom stereocenters. The average Bonchev–Trinajstić information content (AvgIpc) is 2.08. The molecule has 0 aliphatic rings. The molecule has 0 amide bonds. The van der Waals surface area contributed by atoms with E-state index in [1.54, 1.807) is 12.3 Å². The normalized spacial score (nSPS) is 10.2. The van der Waals surface area contributed by atoms with Gasteiger partial charge in [-0.2, -0.15) is 0 Å². The second kappa shape index (κ2) is 4.24. The highest BCUT2D eigenvalue weighted by molar-refractivity contribution is 9.10. The number of ketones is 1. The molecule has 4 heteroatoms. The van der Waals surface area contributed by atoms with Crippen LogP contribution in [0.5, 0.6) is 0 Å². The molecule has 0 aromatic heterocycles. The standard InChI is InChI=1S/C9H8BrFOS/c1-5(12)7-3-6(10)4-8(13-2)9(7)11/h3-4H,1-2H3. The van der Waals surface area contributed by atoms with Crippen LogP contribution in [0.2, 0.25) is 0 Å². The molecule has 0 heterocycles. The van der Waals surface area contributed by atoms with E-state index >= 15 is 0 Å². The van der Waals surface area contributed by atoms with Crippen LogP contribution in [0.3, 0.4) is 0 Å². The number of hydrogen-bond donors (Lipinski definition) is 0. The summed E-state index contributed by atoms with van der Waals surface area (Å²) in [5, 5.41) is 0. The van der Waals surface area contributed by atoms with Gasteiger partial charge in [-0.25, -0.2) is 4.39 Å². The molecule has 70 valence electrons. The first kappa shape index (κ1) is 10.7. The molecular weight excluding hydrogens is 255 g/mol. The summed E-state index contributed by atoms with van der Waals surface area (Å²) >= 11 is 4.51. The predicted octanol–water partition coefficient (Wildman–Crippen LogP) is 3.51. The van der Waals surface area contributed by atoms with Crippen LogP contribution in [0.25, 0.3) is 0 Å². The van der Waals surface area contributed by atoms with E-state index in [1.807, 2.05) is 0 Å². The summed E-state index contributed by atoms with van der Waals surface area (Å²) in [6, 6.07) is 3.16. The van der Waals surface area contributed by atoms with Gasteiger partial charge in [0.15, 0.2) is 5.78 Å². The molecule has 0 saturated carbocycles. The average molecular weight is 263 g/mol. The van der Waals surface area contributed by atoms with Crippen LogP contribution in [-0.2, 0) is 0 Å². The molecule has 1 aromatic carbocycles. The molecule has 1 rings (SSSR count). The van der Waals surface area contributed by atoms with Crippen LogP contribution in [0.15, 0.2) is 21.5 Å². The van der Waals surface area contributed by atoms with E-state index in [0.717, 1.165) is 4.47 Å². The lowest BCUT2D eigenvalue weighted by Crippen LogP contribution is -1.98. The summed E-state index contributed by atoms with van der Waals surface area (Å²) in [5.74, 6) is -0.683. The highest BCUT2D eigenvalue weighted by Gasteiger charge is 2.12. The van der Waals surface area contributed by atoms with Gasteiger partial charge in [-0.1, -0.05) is 15.9 Å². The van der Waals surface area contributed by atoms with E-state index in [4.69, 9.17) is 0 Å². The van der Waals surface area contributed by atoms with Gasteiger partial charge in [0.05, 0.1) is 5.56 Å². The molecule has 1 nitrogen and oxygen atoms in total. The lowest BCUT2D eigenvalue weighted by atomic mass is 10.1. The molecular formula is C9H8BrFOS. The van der Waals surface area contributed by atoms with Crippen LogP contribution in [0, 0.1) is 5.82 Å². The van der Waals surface area contributed by atoms with Crippen molar-refractivity contribution in [2.45, 2.75) is 11.8 Å². The number of rotatable bonds is 2. The molecule has 0 aliphatic carbocycles. The van der Waals surface area contributed by atoms with Crippen LogP contribution in [0.1, 0.15) is 17.3 Å². The number of carbonyl (C=O) groups is 1. The van der Waals surface area contributed by atoms with Gasteiger partial charge in [-0.05, 0) is 25.3 Å². The van der Waals surface area contributed by atoms with Crippen LogP contribution in [0.4, 0.5) is 4.39 Å². The molecule has 0 N–H and O–H groups in total. The highest BCUT2D eigenvalue weighted by Crippen LogP contribution is 2.26. The summed E-state index contributed by atoms with van der Waals surface area (Å²) < 4.78 is 14.2. The lowest BCUT2D eigenvalue weighted by molar-refractivity contribution is 0.101. The summed E-state index contributed by atoms with van der Waals surface area (Å²) in [4.78, 5) is 11.5. The van der Waals surface area contributed by atoms with Gasteiger partial charge in [0.2, 0.25) is 0 Å². The zero-order valence-corrected chi connectivity index (χ0v) is 9.63. The predicted molar refractivity (Wildman–Crippen MR) is 55.9 cm³/mol. The third-order valence-corrected chi connectivity index (χ3v) is 2.80. The molecule has 0 spiro atoms. The third kappa shape index (κ3) is 2.31. The molecule has 0 aliphatic heterocycles. The van der Waals surface area contributed by atoms with E-state index < -0.39 is 5.82 Å². The molecule has 0 atom stereocenters. The van der Waals surface area contributed by atoms with E-state index in [9.17, 15) is 9.18 Å². The molecule has 0 saturated heterocycles. The van der Waals surface area contributed by atoms with E-state index in [2.05, 4.69) is 15.9 Å². The van der Waals surface area contributed by atoms with Crippen molar-refractivity contribution in [3.8, 4) is 0 Å². The van der Waals surface area contributed by atoms with Gasteiger partial charge in [0.1, 0.15) is 5.82 Å². The smallest absolute Gasteiger partial charge is 0.162 e. The maximum Gasteiger partial charge on any atom is 0.162 e. The molecule has 0 radical (unpaired) electrons. The molecule has 13 heavy (non-hydrogen) atoms. The molecule has 0 fully saturated rings. The van der Waals surface area contributed by atoms with Crippen LogP contribution in [-0.4, -0.2) is 12.0 Å². The van der Waals surface area contributed by atoms with Crippen molar-refractivity contribution >= 4 is 33.5 Å². The van der Waals surface area contributed by atoms with Crippen molar-refractivity contribution in [2.75, 3.05) is 6.26 Å².